The molecule has 1 aromatic rings. The van der Waals surface area contributed by atoms with Crippen LogP contribution in [0.4, 0.5) is 4.39 Å². The Morgan fingerprint density at radius 2 is 2.04 bits per heavy atom. The van der Waals surface area contributed by atoms with E-state index >= 15 is 0 Å². The van der Waals surface area contributed by atoms with Gasteiger partial charge in [-0.05, 0) is 43.2 Å². The lowest BCUT2D eigenvalue weighted by Crippen LogP contribution is -2.41. The average molecular weight is 321 g/mol. The van der Waals surface area contributed by atoms with Crippen molar-refractivity contribution in [3.63, 3.8) is 0 Å². The molecule has 5 heteroatoms. The summed E-state index contributed by atoms with van der Waals surface area (Å²) in [6.45, 7) is 2.15. The van der Waals surface area contributed by atoms with Crippen molar-refractivity contribution in [1.82, 2.24) is 4.90 Å². The Labute approximate surface area is 136 Å². The Morgan fingerprint density at radius 3 is 2.74 bits per heavy atom. The molecule has 1 aliphatic heterocycles. The van der Waals surface area contributed by atoms with Crippen LogP contribution in [0.15, 0.2) is 24.3 Å². The number of likely N-dealkylation sites (tertiary alicyclic amines) is 1. The molecule has 1 saturated heterocycles. The number of halogens is 1. The van der Waals surface area contributed by atoms with Crippen molar-refractivity contribution in [2.45, 2.75) is 37.7 Å². The second-order valence-corrected chi connectivity index (χ2v) is 6.44. The monoisotopic (exact) mass is 321 g/mol. The summed E-state index contributed by atoms with van der Waals surface area (Å²) < 4.78 is 19.5. The van der Waals surface area contributed by atoms with Crippen LogP contribution in [0.2, 0.25) is 0 Å². The van der Waals surface area contributed by atoms with Crippen molar-refractivity contribution in [2.24, 2.45) is 5.92 Å². The van der Waals surface area contributed by atoms with E-state index in [2.05, 4.69) is 0 Å². The summed E-state index contributed by atoms with van der Waals surface area (Å²) in [7, 11) is 0. The number of rotatable bonds is 6. The fourth-order valence-corrected chi connectivity index (χ4v) is 3.38. The van der Waals surface area contributed by atoms with E-state index in [1.807, 2.05) is 11.0 Å². The van der Waals surface area contributed by atoms with E-state index in [4.69, 9.17) is 9.84 Å². The smallest absolute Gasteiger partial charge is 0.226 e. The van der Waals surface area contributed by atoms with Crippen LogP contribution in [-0.4, -0.2) is 48.3 Å². The Morgan fingerprint density at radius 1 is 1.30 bits per heavy atom. The summed E-state index contributed by atoms with van der Waals surface area (Å²) in [6.07, 6.45) is 3.29. The number of amides is 1. The van der Waals surface area contributed by atoms with Crippen LogP contribution in [0.5, 0.6) is 0 Å². The molecule has 4 nitrogen and oxygen atoms in total. The molecule has 23 heavy (non-hydrogen) atoms. The second-order valence-electron chi connectivity index (χ2n) is 6.44. The minimum atomic E-state index is -0.205. The topological polar surface area (TPSA) is 49.8 Å². The summed E-state index contributed by atoms with van der Waals surface area (Å²) >= 11 is 0. The van der Waals surface area contributed by atoms with Gasteiger partial charge in [-0.15, -0.1) is 0 Å². The molecule has 0 radical (unpaired) electrons. The van der Waals surface area contributed by atoms with Gasteiger partial charge in [0, 0.05) is 32.2 Å². The lowest BCUT2D eigenvalue weighted by molar-refractivity contribution is -0.135. The highest BCUT2D eigenvalue weighted by Gasteiger charge is 2.47. The molecule has 1 N–H and O–H groups in total. The minimum absolute atomic E-state index is 0.0437. The van der Waals surface area contributed by atoms with Gasteiger partial charge in [0.15, 0.2) is 0 Å². The first-order chi connectivity index (χ1) is 11.2. The lowest BCUT2D eigenvalue weighted by Gasteiger charge is -2.32. The van der Waals surface area contributed by atoms with Crippen molar-refractivity contribution < 1.29 is 19.0 Å². The normalized spacial score (nSPS) is 24.7. The summed E-state index contributed by atoms with van der Waals surface area (Å²) in [5.41, 5.74) is 0.674. The van der Waals surface area contributed by atoms with Gasteiger partial charge in [0.25, 0.3) is 0 Å². The molecule has 2 fully saturated rings. The van der Waals surface area contributed by atoms with Gasteiger partial charge in [-0.1, -0.05) is 18.2 Å². The first-order valence-corrected chi connectivity index (χ1v) is 8.46. The number of carbonyl (C=O) groups excluding carboxylic acids is 1. The second kappa shape index (κ2) is 7.41. The minimum Gasteiger partial charge on any atom is -0.396 e. The summed E-state index contributed by atoms with van der Waals surface area (Å²) in [5, 5.41) is 8.76. The highest BCUT2D eigenvalue weighted by Crippen LogP contribution is 2.49. The van der Waals surface area contributed by atoms with Crippen molar-refractivity contribution in [2.75, 3.05) is 26.3 Å². The van der Waals surface area contributed by atoms with Gasteiger partial charge >= 0.3 is 0 Å². The molecule has 2 unspecified atom stereocenters. The Kier molecular flexibility index (Phi) is 5.28. The van der Waals surface area contributed by atoms with Crippen LogP contribution >= 0.6 is 0 Å². The van der Waals surface area contributed by atoms with E-state index in [9.17, 15) is 9.18 Å². The first-order valence-electron chi connectivity index (χ1n) is 8.46. The third-order valence-corrected chi connectivity index (χ3v) is 4.82. The average Bonchev–Trinajstić information content (AvgIpc) is 3.36. The largest absolute Gasteiger partial charge is 0.396 e. The zero-order valence-electron chi connectivity index (χ0n) is 13.3. The van der Waals surface area contributed by atoms with Crippen molar-refractivity contribution in [1.29, 1.82) is 0 Å². The maximum Gasteiger partial charge on any atom is 0.226 e. The number of hydrogen-bond donors (Lipinski definition) is 1. The standard InChI is InChI=1S/C18H24FNO3/c19-17-5-2-1-4-14(17)15-12-16(15)18(22)20-8-6-13(7-9-20)23-11-3-10-21/h1-2,4-5,13,15-16,21H,3,6-12H2. The van der Waals surface area contributed by atoms with Gasteiger partial charge in [-0.2, -0.15) is 0 Å². The van der Waals surface area contributed by atoms with Crippen molar-refractivity contribution >= 4 is 5.91 Å². The molecule has 2 aliphatic rings. The highest BCUT2D eigenvalue weighted by atomic mass is 19.1. The van der Waals surface area contributed by atoms with E-state index in [1.165, 1.54) is 6.07 Å². The van der Waals surface area contributed by atoms with Gasteiger partial charge in [0.05, 0.1) is 6.10 Å². The summed E-state index contributed by atoms with van der Waals surface area (Å²) in [6, 6.07) is 6.76. The third kappa shape index (κ3) is 3.90. The van der Waals surface area contributed by atoms with Gasteiger partial charge < -0.3 is 14.7 Å². The highest BCUT2D eigenvalue weighted by molar-refractivity contribution is 5.83. The molecule has 0 aromatic heterocycles. The zero-order chi connectivity index (χ0) is 16.2. The van der Waals surface area contributed by atoms with Crippen LogP contribution in [0.1, 0.15) is 37.2 Å². The predicted molar refractivity (Wildman–Crippen MR) is 84.5 cm³/mol. The van der Waals surface area contributed by atoms with Crippen molar-refractivity contribution in [3.8, 4) is 0 Å². The molecule has 1 saturated carbocycles. The number of aliphatic hydroxyl groups excluding tert-OH is 1. The van der Waals surface area contributed by atoms with Crippen LogP contribution in [0.25, 0.3) is 0 Å². The molecule has 1 heterocycles. The summed E-state index contributed by atoms with van der Waals surface area (Å²) in [4.78, 5) is 14.5. The number of nitrogens with zero attached hydrogens (tertiary/aromatic N) is 1. The maximum absolute atomic E-state index is 13.8. The molecule has 0 spiro atoms. The Bertz CT molecular complexity index is 543. The molecule has 1 amide bonds. The van der Waals surface area contributed by atoms with E-state index < -0.39 is 0 Å². The van der Waals surface area contributed by atoms with Crippen LogP contribution < -0.4 is 0 Å². The first kappa shape index (κ1) is 16.4. The molecule has 3 rings (SSSR count). The molecule has 1 aromatic carbocycles. The van der Waals surface area contributed by atoms with E-state index in [0.29, 0.717) is 31.7 Å². The Balaban J connectivity index is 1.47. The molecule has 126 valence electrons. The van der Waals surface area contributed by atoms with Crippen LogP contribution in [-0.2, 0) is 9.53 Å². The number of piperidine rings is 1. The number of carbonyl (C=O) groups is 1. The quantitative estimate of drug-likeness (QED) is 0.818. The molecular weight excluding hydrogens is 297 g/mol. The van der Waals surface area contributed by atoms with E-state index in [-0.39, 0.29) is 36.3 Å². The van der Waals surface area contributed by atoms with Gasteiger partial charge in [-0.25, -0.2) is 4.39 Å². The van der Waals surface area contributed by atoms with Gasteiger partial charge in [0.1, 0.15) is 5.82 Å². The fourth-order valence-electron chi connectivity index (χ4n) is 3.38. The number of ether oxygens (including phenoxy) is 1. The van der Waals surface area contributed by atoms with Crippen molar-refractivity contribution in [3.05, 3.63) is 35.6 Å². The maximum atomic E-state index is 13.8. The van der Waals surface area contributed by atoms with Gasteiger partial charge in [-0.3, -0.25) is 4.79 Å². The summed E-state index contributed by atoms with van der Waals surface area (Å²) in [5.74, 6) is -0.0585. The number of benzene rings is 1. The van der Waals surface area contributed by atoms with E-state index in [0.717, 1.165) is 19.3 Å². The lowest BCUT2D eigenvalue weighted by atomic mass is 10.1. The molecule has 0 bridgehead atoms. The third-order valence-electron chi connectivity index (χ3n) is 4.82. The zero-order valence-corrected chi connectivity index (χ0v) is 13.3. The molecule has 2 atom stereocenters. The Hall–Kier alpha value is -1.46. The molecule has 1 aliphatic carbocycles. The van der Waals surface area contributed by atoms with Crippen LogP contribution in [0, 0.1) is 11.7 Å². The molecular formula is C18H24FNO3. The van der Waals surface area contributed by atoms with Crippen LogP contribution in [0.3, 0.4) is 0 Å². The number of aliphatic hydroxyl groups is 1. The van der Waals surface area contributed by atoms with Gasteiger partial charge in [0.2, 0.25) is 5.91 Å². The van der Waals surface area contributed by atoms with E-state index in [1.54, 1.807) is 12.1 Å². The predicted octanol–water partition coefficient (Wildman–Crippen LogP) is 2.32. The fraction of sp³-hybridized carbons (Fsp3) is 0.611. The SMILES string of the molecule is O=C(C1CC1c1ccccc1F)N1CCC(OCCCO)CC1. The number of hydrogen-bond acceptors (Lipinski definition) is 3.